The highest BCUT2D eigenvalue weighted by atomic mass is 16.2. The van der Waals surface area contributed by atoms with Gasteiger partial charge in [0.25, 0.3) is 0 Å². The Morgan fingerprint density at radius 1 is 1.30 bits per heavy atom. The second kappa shape index (κ2) is 8.40. The van der Waals surface area contributed by atoms with E-state index < -0.39 is 0 Å². The molecule has 2 saturated heterocycles. The normalized spacial score (nSPS) is 22.9. The molecule has 4 rings (SSSR count). The lowest BCUT2D eigenvalue weighted by Crippen LogP contribution is -2.49. The molecule has 2 fully saturated rings. The molecule has 2 aromatic rings. The number of piperidine rings is 1. The van der Waals surface area contributed by atoms with E-state index in [1.807, 2.05) is 24.4 Å². The van der Waals surface area contributed by atoms with Crippen molar-refractivity contribution >= 4 is 11.6 Å². The fourth-order valence-corrected chi connectivity index (χ4v) is 4.38. The molecule has 0 saturated carbocycles. The van der Waals surface area contributed by atoms with Crippen molar-refractivity contribution < 1.29 is 4.79 Å². The molecule has 0 aliphatic carbocycles. The number of fused-ring (bicyclic) bond motifs is 1. The Hall–Kier alpha value is -1.92. The molecule has 0 bridgehead atoms. The van der Waals surface area contributed by atoms with Gasteiger partial charge in [-0.25, -0.2) is 4.98 Å². The molecule has 2 aliphatic heterocycles. The first kappa shape index (κ1) is 18.4. The molecular formula is C21H31N5O. The number of aromatic nitrogens is 2. The summed E-state index contributed by atoms with van der Waals surface area (Å²) < 4.78 is 2.07. The van der Waals surface area contributed by atoms with Crippen molar-refractivity contribution in [2.75, 3.05) is 39.3 Å². The first-order valence-corrected chi connectivity index (χ1v) is 10.3. The van der Waals surface area contributed by atoms with Gasteiger partial charge in [-0.3, -0.25) is 9.69 Å². The summed E-state index contributed by atoms with van der Waals surface area (Å²) in [5.41, 5.74) is 2.09. The second-order valence-electron chi connectivity index (χ2n) is 8.14. The maximum absolute atomic E-state index is 12.7. The average molecular weight is 370 g/mol. The largest absolute Gasteiger partial charge is 0.340 e. The zero-order chi connectivity index (χ0) is 18.6. The Morgan fingerprint density at radius 3 is 2.89 bits per heavy atom. The van der Waals surface area contributed by atoms with Crippen LogP contribution in [0.4, 0.5) is 0 Å². The number of amides is 1. The van der Waals surface area contributed by atoms with Crippen LogP contribution in [-0.4, -0.2) is 64.4 Å². The van der Waals surface area contributed by atoms with Crippen LogP contribution in [-0.2, 0) is 11.3 Å². The van der Waals surface area contributed by atoms with Crippen LogP contribution in [0.1, 0.15) is 31.9 Å². The number of nitrogens with one attached hydrogen (secondary N) is 1. The third-order valence-electron chi connectivity index (χ3n) is 6.16. The van der Waals surface area contributed by atoms with Crippen LogP contribution in [0, 0.1) is 11.8 Å². The highest BCUT2D eigenvalue weighted by molar-refractivity contribution is 5.76. The summed E-state index contributed by atoms with van der Waals surface area (Å²) in [7, 11) is 0. The van der Waals surface area contributed by atoms with Crippen molar-refractivity contribution in [1.29, 1.82) is 0 Å². The Bertz CT molecular complexity index is 726. The summed E-state index contributed by atoms with van der Waals surface area (Å²) in [5, 5.41) is 3.47. The van der Waals surface area contributed by atoms with Crippen molar-refractivity contribution in [3.8, 4) is 0 Å². The fourth-order valence-electron chi connectivity index (χ4n) is 4.38. The maximum Gasteiger partial charge on any atom is 0.222 e. The molecule has 2 aromatic heterocycles. The zero-order valence-corrected chi connectivity index (χ0v) is 16.3. The van der Waals surface area contributed by atoms with Gasteiger partial charge in [-0.2, -0.15) is 0 Å². The van der Waals surface area contributed by atoms with Gasteiger partial charge in [0.1, 0.15) is 5.65 Å². The van der Waals surface area contributed by atoms with Crippen LogP contribution in [0.2, 0.25) is 0 Å². The topological polar surface area (TPSA) is 52.9 Å². The van der Waals surface area contributed by atoms with E-state index in [1.165, 1.54) is 12.8 Å². The first-order chi connectivity index (χ1) is 13.2. The highest BCUT2D eigenvalue weighted by Gasteiger charge is 2.26. The van der Waals surface area contributed by atoms with E-state index in [2.05, 4.69) is 37.6 Å². The predicted molar refractivity (Wildman–Crippen MR) is 106 cm³/mol. The number of carbonyl (C=O) groups is 1. The van der Waals surface area contributed by atoms with Crippen LogP contribution < -0.4 is 5.32 Å². The Morgan fingerprint density at radius 2 is 2.15 bits per heavy atom. The third-order valence-corrected chi connectivity index (χ3v) is 6.16. The standard InChI is InChI=1S/C21H31N5O/c1-17(18-5-4-7-22-14-18)13-21(27)25-11-9-24(10-12-25)15-19-16-26-8-3-2-6-20(26)23-19/h2-3,6,8,16-18,22H,4-5,7,9-15H2,1H3. The van der Waals surface area contributed by atoms with E-state index in [0.717, 1.165) is 57.2 Å². The molecule has 2 aliphatic rings. The van der Waals surface area contributed by atoms with Crippen LogP contribution in [0.25, 0.3) is 5.65 Å². The number of pyridine rings is 1. The molecule has 6 nitrogen and oxygen atoms in total. The SMILES string of the molecule is CC(CC(=O)N1CCN(Cc2cn3ccccc3n2)CC1)C1CCCNC1. The molecule has 0 aromatic carbocycles. The van der Waals surface area contributed by atoms with Gasteiger partial charge in [0.05, 0.1) is 5.69 Å². The van der Waals surface area contributed by atoms with Gasteiger partial charge in [0, 0.05) is 51.5 Å². The third kappa shape index (κ3) is 4.50. The maximum atomic E-state index is 12.7. The van der Waals surface area contributed by atoms with Crippen molar-refractivity contribution in [2.45, 2.75) is 32.7 Å². The second-order valence-corrected chi connectivity index (χ2v) is 8.14. The van der Waals surface area contributed by atoms with Crippen LogP contribution in [0.5, 0.6) is 0 Å². The number of carbonyl (C=O) groups excluding carboxylic acids is 1. The fraction of sp³-hybridized carbons (Fsp3) is 0.619. The smallest absolute Gasteiger partial charge is 0.222 e. The lowest BCUT2D eigenvalue weighted by Gasteiger charge is -2.36. The minimum Gasteiger partial charge on any atom is -0.340 e. The number of nitrogens with zero attached hydrogens (tertiary/aromatic N) is 4. The van der Waals surface area contributed by atoms with Crippen molar-refractivity contribution in [1.82, 2.24) is 24.5 Å². The number of imidazole rings is 1. The highest BCUT2D eigenvalue weighted by Crippen LogP contribution is 2.23. The average Bonchev–Trinajstić information content (AvgIpc) is 3.11. The van der Waals surface area contributed by atoms with Crippen LogP contribution in [0.3, 0.4) is 0 Å². The van der Waals surface area contributed by atoms with E-state index in [1.54, 1.807) is 0 Å². The van der Waals surface area contributed by atoms with Gasteiger partial charge in [-0.1, -0.05) is 13.0 Å². The van der Waals surface area contributed by atoms with Gasteiger partial charge in [0.15, 0.2) is 0 Å². The molecule has 1 N–H and O–H groups in total. The van der Waals surface area contributed by atoms with Crippen LogP contribution in [0.15, 0.2) is 30.6 Å². The zero-order valence-electron chi connectivity index (χ0n) is 16.3. The van der Waals surface area contributed by atoms with Crippen molar-refractivity contribution in [3.05, 3.63) is 36.3 Å². The number of hydrogen-bond acceptors (Lipinski definition) is 4. The molecular weight excluding hydrogens is 338 g/mol. The molecule has 1 amide bonds. The molecule has 2 atom stereocenters. The van der Waals surface area contributed by atoms with E-state index in [-0.39, 0.29) is 0 Å². The van der Waals surface area contributed by atoms with Crippen LogP contribution >= 0.6 is 0 Å². The summed E-state index contributed by atoms with van der Waals surface area (Å²) in [5.74, 6) is 1.46. The van der Waals surface area contributed by atoms with Gasteiger partial charge in [0.2, 0.25) is 5.91 Å². The van der Waals surface area contributed by atoms with E-state index in [9.17, 15) is 4.79 Å². The summed E-state index contributed by atoms with van der Waals surface area (Å²) in [4.78, 5) is 21.9. The number of piperazine rings is 1. The predicted octanol–water partition coefficient (Wildman–Crippen LogP) is 2.00. The quantitative estimate of drug-likeness (QED) is 0.876. The van der Waals surface area contributed by atoms with E-state index >= 15 is 0 Å². The van der Waals surface area contributed by atoms with Gasteiger partial charge in [-0.05, 0) is 49.9 Å². The summed E-state index contributed by atoms with van der Waals surface area (Å²) in [6, 6.07) is 6.07. The molecule has 0 spiro atoms. The monoisotopic (exact) mass is 369 g/mol. The number of hydrogen-bond donors (Lipinski definition) is 1. The molecule has 4 heterocycles. The molecule has 0 radical (unpaired) electrons. The van der Waals surface area contributed by atoms with Gasteiger partial charge < -0.3 is 14.6 Å². The summed E-state index contributed by atoms with van der Waals surface area (Å²) in [6.45, 7) is 8.83. The lowest BCUT2D eigenvalue weighted by molar-refractivity contribution is -0.134. The van der Waals surface area contributed by atoms with Gasteiger partial charge in [-0.15, -0.1) is 0 Å². The Kier molecular flexibility index (Phi) is 5.74. The van der Waals surface area contributed by atoms with Crippen molar-refractivity contribution in [3.63, 3.8) is 0 Å². The summed E-state index contributed by atoms with van der Waals surface area (Å²) >= 11 is 0. The van der Waals surface area contributed by atoms with Crippen molar-refractivity contribution in [2.24, 2.45) is 11.8 Å². The molecule has 27 heavy (non-hydrogen) atoms. The van der Waals surface area contributed by atoms with Gasteiger partial charge >= 0.3 is 0 Å². The minimum atomic E-state index is 0.334. The molecule has 146 valence electrons. The van der Waals surface area contributed by atoms with E-state index in [0.29, 0.717) is 24.2 Å². The summed E-state index contributed by atoms with van der Waals surface area (Å²) in [6.07, 6.45) is 7.33. The molecule has 2 unspecified atom stereocenters. The molecule has 6 heteroatoms. The Labute approximate surface area is 161 Å². The minimum absolute atomic E-state index is 0.334. The Balaban J connectivity index is 1.25. The van der Waals surface area contributed by atoms with E-state index in [4.69, 9.17) is 0 Å². The lowest BCUT2D eigenvalue weighted by atomic mass is 9.85. The first-order valence-electron chi connectivity index (χ1n) is 10.3. The number of rotatable bonds is 5.